The molecule has 0 radical (unpaired) electrons. The highest BCUT2D eigenvalue weighted by Gasteiger charge is 2.24. The van der Waals surface area contributed by atoms with E-state index >= 15 is 0 Å². The summed E-state index contributed by atoms with van der Waals surface area (Å²) in [6.45, 7) is 2.66. The van der Waals surface area contributed by atoms with Crippen LogP contribution in [0, 0.1) is 0 Å². The Kier molecular flexibility index (Phi) is 6.28. The molecular weight excluding hydrogens is 252 g/mol. The first-order valence-corrected chi connectivity index (χ1v) is 7.00. The van der Waals surface area contributed by atoms with Gasteiger partial charge in [0.05, 0.1) is 0 Å². The molecule has 0 aromatic heterocycles. The summed E-state index contributed by atoms with van der Waals surface area (Å²) < 4.78 is 22.5. The molecular formula is C9H19ClN2O3S. The number of rotatable bonds is 3. The van der Waals surface area contributed by atoms with Crippen LogP contribution in [0.5, 0.6) is 0 Å². The number of carbonyl (C=O) groups is 1. The monoisotopic (exact) mass is 270 g/mol. The van der Waals surface area contributed by atoms with Crippen molar-refractivity contribution in [1.82, 2.24) is 4.90 Å². The average Bonchev–Trinajstić information content (AvgIpc) is 2.17. The predicted molar refractivity (Wildman–Crippen MR) is 65.4 cm³/mol. The SMILES string of the molecule is CCS(=O)(=O)CC(=O)N1CCCC(N)C1.Cl. The van der Waals surface area contributed by atoms with Gasteiger partial charge in [0.2, 0.25) is 5.91 Å². The van der Waals surface area contributed by atoms with Crippen LogP contribution < -0.4 is 5.73 Å². The molecule has 16 heavy (non-hydrogen) atoms. The predicted octanol–water partition coefficient (Wildman–Crippen LogP) is -0.207. The minimum absolute atomic E-state index is 0. The lowest BCUT2D eigenvalue weighted by atomic mass is 10.1. The van der Waals surface area contributed by atoms with Crippen molar-refractivity contribution in [3.05, 3.63) is 0 Å². The Morgan fingerprint density at radius 3 is 2.62 bits per heavy atom. The van der Waals surface area contributed by atoms with Gasteiger partial charge in [-0.05, 0) is 12.8 Å². The quantitative estimate of drug-likeness (QED) is 0.770. The average molecular weight is 271 g/mol. The van der Waals surface area contributed by atoms with Crippen molar-refractivity contribution in [2.24, 2.45) is 5.73 Å². The van der Waals surface area contributed by atoms with E-state index < -0.39 is 9.84 Å². The molecule has 0 aliphatic carbocycles. The van der Waals surface area contributed by atoms with Crippen molar-refractivity contribution in [1.29, 1.82) is 0 Å². The summed E-state index contributed by atoms with van der Waals surface area (Å²) in [5.74, 6) is -0.679. The van der Waals surface area contributed by atoms with Crippen molar-refractivity contribution in [2.75, 3.05) is 24.6 Å². The van der Waals surface area contributed by atoms with Gasteiger partial charge in [-0.3, -0.25) is 4.79 Å². The number of piperidine rings is 1. The van der Waals surface area contributed by atoms with E-state index in [2.05, 4.69) is 0 Å². The van der Waals surface area contributed by atoms with Gasteiger partial charge in [0, 0.05) is 24.9 Å². The van der Waals surface area contributed by atoms with Crippen molar-refractivity contribution in [3.63, 3.8) is 0 Å². The third kappa shape index (κ3) is 4.67. The first-order chi connectivity index (χ1) is 6.94. The molecule has 1 aliphatic heterocycles. The van der Waals surface area contributed by atoms with Crippen LogP contribution in [0.3, 0.4) is 0 Å². The van der Waals surface area contributed by atoms with Crippen LogP contribution in [-0.4, -0.2) is 49.9 Å². The van der Waals surface area contributed by atoms with Gasteiger partial charge >= 0.3 is 0 Å². The Hall–Kier alpha value is -0.330. The van der Waals surface area contributed by atoms with E-state index in [9.17, 15) is 13.2 Å². The number of carbonyl (C=O) groups excluding carboxylic acids is 1. The third-order valence-electron chi connectivity index (χ3n) is 2.59. The second-order valence-electron chi connectivity index (χ2n) is 3.92. The van der Waals surface area contributed by atoms with Crippen molar-refractivity contribution in [2.45, 2.75) is 25.8 Å². The van der Waals surface area contributed by atoms with E-state index in [1.807, 2.05) is 0 Å². The first-order valence-electron chi connectivity index (χ1n) is 5.18. The molecule has 7 heteroatoms. The summed E-state index contributed by atoms with van der Waals surface area (Å²) in [6, 6.07) is -0.00738. The third-order valence-corrected chi connectivity index (χ3v) is 4.16. The van der Waals surface area contributed by atoms with Gasteiger partial charge in [-0.25, -0.2) is 8.42 Å². The normalized spacial score (nSPS) is 21.4. The smallest absolute Gasteiger partial charge is 0.237 e. The topological polar surface area (TPSA) is 80.5 Å². The molecule has 0 saturated carbocycles. The lowest BCUT2D eigenvalue weighted by Crippen LogP contribution is -2.47. The molecule has 1 unspecified atom stereocenters. The summed E-state index contributed by atoms with van der Waals surface area (Å²) >= 11 is 0. The number of hydrogen-bond donors (Lipinski definition) is 1. The Labute approximate surface area is 103 Å². The van der Waals surface area contributed by atoms with Gasteiger partial charge in [0.15, 0.2) is 9.84 Å². The Bertz CT molecular complexity index is 332. The van der Waals surface area contributed by atoms with E-state index in [1.54, 1.807) is 11.8 Å². The number of amides is 1. The summed E-state index contributed by atoms with van der Waals surface area (Å²) in [4.78, 5) is 13.2. The summed E-state index contributed by atoms with van der Waals surface area (Å²) in [5.41, 5.74) is 5.72. The van der Waals surface area contributed by atoms with Gasteiger partial charge in [0.25, 0.3) is 0 Å². The zero-order valence-corrected chi connectivity index (χ0v) is 11.0. The van der Waals surface area contributed by atoms with Crippen LogP contribution in [0.2, 0.25) is 0 Å². The molecule has 1 fully saturated rings. The zero-order valence-electron chi connectivity index (χ0n) is 9.39. The van der Waals surface area contributed by atoms with E-state index in [1.165, 1.54) is 0 Å². The molecule has 0 bridgehead atoms. The van der Waals surface area contributed by atoms with Gasteiger partial charge in [-0.2, -0.15) is 0 Å². The van der Waals surface area contributed by atoms with Gasteiger partial charge in [0.1, 0.15) is 5.75 Å². The molecule has 1 amide bonds. The zero-order chi connectivity index (χ0) is 11.5. The van der Waals surface area contributed by atoms with Crippen molar-refractivity contribution in [3.8, 4) is 0 Å². The molecule has 0 spiro atoms. The number of nitrogens with two attached hydrogens (primary N) is 1. The van der Waals surface area contributed by atoms with Gasteiger partial charge < -0.3 is 10.6 Å². The first kappa shape index (κ1) is 15.7. The summed E-state index contributed by atoms with van der Waals surface area (Å²) in [5, 5.41) is 0. The lowest BCUT2D eigenvalue weighted by Gasteiger charge is -2.30. The van der Waals surface area contributed by atoms with Crippen LogP contribution in [-0.2, 0) is 14.6 Å². The number of halogens is 1. The summed E-state index contributed by atoms with van der Waals surface area (Å²) in [6.07, 6.45) is 1.77. The van der Waals surface area contributed by atoms with Crippen LogP contribution in [0.1, 0.15) is 19.8 Å². The Morgan fingerprint density at radius 2 is 2.12 bits per heavy atom. The fraction of sp³-hybridized carbons (Fsp3) is 0.889. The molecule has 1 saturated heterocycles. The highest BCUT2D eigenvalue weighted by Crippen LogP contribution is 2.09. The van der Waals surface area contributed by atoms with Crippen LogP contribution in [0.25, 0.3) is 0 Å². The Balaban J connectivity index is 0.00000225. The number of nitrogens with zero attached hydrogens (tertiary/aromatic N) is 1. The molecule has 1 rings (SSSR count). The van der Waals surface area contributed by atoms with Crippen LogP contribution in [0.4, 0.5) is 0 Å². The lowest BCUT2D eigenvalue weighted by molar-refractivity contribution is -0.129. The van der Waals surface area contributed by atoms with Crippen LogP contribution >= 0.6 is 12.4 Å². The number of hydrogen-bond acceptors (Lipinski definition) is 4. The molecule has 0 aromatic carbocycles. The van der Waals surface area contributed by atoms with Crippen molar-refractivity contribution >= 4 is 28.2 Å². The molecule has 96 valence electrons. The fourth-order valence-corrected chi connectivity index (χ4v) is 2.38. The fourth-order valence-electron chi connectivity index (χ4n) is 1.62. The summed E-state index contributed by atoms with van der Waals surface area (Å²) in [7, 11) is -3.22. The molecule has 2 N–H and O–H groups in total. The molecule has 1 heterocycles. The van der Waals surface area contributed by atoms with E-state index in [4.69, 9.17) is 5.73 Å². The van der Waals surface area contributed by atoms with E-state index in [0.29, 0.717) is 13.1 Å². The minimum Gasteiger partial charge on any atom is -0.340 e. The second kappa shape index (κ2) is 6.42. The molecule has 0 aromatic rings. The number of likely N-dealkylation sites (tertiary alicyclic amines) is 1. The van der Waals surface area contributed by atoms with Gasteiger partial charge in [-0.15, -0.1) is 12.4 Å². The van der Waals surface area contributed by atoms with Gasteiger partial charge in [-0.1, -0.05) is 6.92 Å². The largest absolute Gasteiger partial charge is 0.340 e. The number of sulfone groups is 1. The van der Waals surface area contributed by atoms with Crippen LogP contribution in [0.15, 0.2) is 0 Å². The standard InChI is InChI=1S/C9H18N2O3S.ClH/c1-2-15(13,14)7-9(12)11-5-3-4-8(10)6-11;/h8H,2-7,10H2,1H3;1H. The highest BCUT2D eigenvalue weighted by atomic mass is 35.5. The Morgan fingerprint density at radius 1 is 1.50 bits per heavy atom. The molecule has 1 atom stereocenters. The minimum atomic E-state index is -3.22. The maximum Gasteiger partial charge on any atom is 0.237 e. The highest BCUT2D eigenvalue weighted by molar-refractivity contribution is 7.92. The second-order valence-corrected chi connectivity index (χ2v) is 6.27. The maximum absolute atomic E-state index is 11.6. The van der Waals surface area contributed by atoms with E-state index in [0.717, 1.165) is 12.8 Å². The van der Waals surface area contributed by atoms with E-state index in [-0.39, 0.29) is 35.9 Å². The maximum atomic E-state index is 11.6. The molecule has 1 aliphatic rings. The van der Waals surface area contributed by atoms with Crippen molar-refractivity contribution < 1.29 is 13.2 Å². The molecule has 5 nitrogen and oxygen atoms in total.